The Kier molecular flexibility index (Phi) is 3.57. The number of nitrogens with zero attached hydrogens (tertiary/aromatic N) is 2. The van der Waals surface area contributed by atoms with Gasteiger partial charge in [0.1, 0.15) is 17.6 Å². The van der Waals surface area contributed by atoms with E-state index in [9.17, 15) is 4.79 Å². The third-order valence-electron chi connectivity index (χ3n) is 6.58. The van der Waals surface area contributed by atoms with Crippen LogP contribution in [-0.2, 0) is 9.53 Å². The molecule has 2 heterocycles. The van der Waals surface area contributed by atoms with Crippen molar-refractivity contribution in [2.75, 3.05) is 0 Å². The lowest BCUT2D eigenvalue weighted by atomic mass is 9.80. The molecular formula is C23H20N2O4. The molecule has 6 nitrogen and oxygen atoms in total. The highest BCUT2D eigenvalue weighted by atomic mass is 16.6. The molecule has 146 valence electrons. The fraction of sp³-hybridized carbons (Fsp3) is 0.348. The summed E-state index contributed by atoms with van der Waals surface area (Å²) in [6.07, 6.45) is 2.05. The van der Waals surface area contributed by atoms with Crippen LogP contribution in [0, 0.1) is 24.7 Å². The lowest BCUT2D eigenvalue weighted by Gasteiger charge is -2.20. The van der Waals surface area contributed by atoms with E-state index in [0.717, 1.165) is 29.9 Å². The van der Waals surface area contributed by atoms with E-state index in [1.165, 1.54) is 5.56 Å². The number of rotatable bonds is 4. The molecule has 29 heavy (non-hydrogen) atoms. The summed E-state index contributed by atoms with van der Waals surface area (Å²) < 4.78 is 17.0. The van der Waals surface area contributed by atoms with Gasteiger partial charge in [-0.2, -0.15) is 4.98 Å². The van der Waals surface area contributed by atoms with Crippen molar-refractivity contribution in [1.82, 2.24) is 10.1 Å². The van der Waals surface area contributed by atoms with Gasteiger partial charge in [0, 0.05) is 11.5 Å². The molecule has 3 aromatic rings. The Balaban J connectivity index is 1.21. The smallest absolute Gasteiger partial charge is 0.310 e. The number of benzene rings is 2. The number of aryl methyl sites for hydroxylation is 1. The normalized spacial score (nSPS) is 29.3. The quantitative estimate of drug-likeness (QED) is 0.613. The van der Waals surface area contributed by atoms with Gasteiger partial charge in [-0.3, -0.25) is 4.79 Å². The molecule has 3 fully saturated rings. The van der Waals surface area contributed by atoms with Gasteiger partial charge >= 0.3 is 5.97 Å². The number of fused-ring (bicyclic) bond motifs is 1. The molecule has 2 saturated carbocycles. The van der Waals surface area contributed by atoms with Crippen molar-refractivity contribution in [2.45, 2.75) is 31.8 Å². The van der Waals surface area contributed by atoms with Crippen LogP contribution >= 0.6 is 0 Å². The molecule has 1 aliphatic heterocycles. The second kappa shape index (κ2) is 6.17. The van der Waals surface area contributed by atoms with Crippen LogP contribution in [0.15, 0.2) is 53.1 Å². The van der Waals surface area contributed by atoms with E-state index in [1.54, 1.807) is 0 Å². The summed E-state index contributed by atoms with van der Waals surface area (Å²) in [7, 11) is 0. The SMILES string of the molecule is Cc1ccc(Oc2ccc(-c3noc([C@@H]4[C@@H]5C[C@@H]6[C@H]4C(=O)O[C@@H]6C5)n3)cc2)cc1. The summed E-state index contributed by atoms with van der Waals surface area (Å²) in [5.41, 5.74) is 2.05. The van der Waals surface area contributed by atoms with Crippen molar-refractivity contribution >= 4 is 5.97 Å². The minimum absolute atomic E-state index is 0.00311. The van der Waals surface area contributed by atoms with Gasteiger partial charge in [-0.15, -0.1) is 0 Å². The second-order valence-electron chi connectivity index (χ2n) is 8.32. The first-order valence-corrected chi connectivity index (χ1v) is 10.0. The van der Waals surface area contributed by atoms with Crippen LogP contribution in [0.3, 0.4) is 0 Å². The highest BCUT2D eigenvalue weighted by Gasteiger charge is 2.63. The standard InChI is InChI=1S/C23H20N2O4/c1-12-2-6-15(7-3-12)27-16-8-4-13(5-9-16)21-24-22(29-25-21)19-14-10-17-18(11-14)28-23(26)20(17)19/h2-9,14,17-20H,10-11H2,1H3/t14-,17+,18-,19-,20-/m1/s1. The number of esters is 1. The minimum atomic E-state index is -0.114. The van der Waals surface area contributed by atoms with Crippen LogP contribution in [0.25, 0.3) is 11.4 Å². The van der Waals surface area contributed by atoms with Crippen LogP contribution in [0.5, 0.6) is 11.5 Å². The Morgan fingerprint density at radius 1 is 0.966 bits per heavy atom. The molecule has 3 aliphatic rings. The number of ether oxygens (including phenoxy) is 2. The van der Waals surface area contributed by atoms with Crippen LogP contribution in [0.2, 0.25) is 0 Å². The van der Waals surface area contributed by atoms with Gasteiger partial charge in [0.2, 0.25) is 11.7 Å². The summed E-state index contributed by atoms with van der Waals surface area (Å²) in [5.74, 6) is 3.15. The summed E-state index contributed by atoms with van der Waals surface area (Å²) in [4.78, 5) is 16.9. The van der Waals surface area contributed by atoms with E-state index >= 15 is 0 Å². The number of hydrogen-bond acceptors (Lipinski definition) is 6. The van der Waals surface area contributed by atoms with Crippen molar-refractivity contribution in [2.24, 2.45) is 17.8 Å². The Morgan fingerprint density at radius 2 is 1.69 bits per heavy atom. The molecule has 6 heteroatoms. The fourth-order valence-corrected chi connectivity index (χ4v) is 5.24. The lowest BCUT2D eigenvalue weighted by molar-refractivity contribution is -0.143. The van der Waals surface area contributed by atoms with Crippen LogP contribution in [0.1, 0.15) is 30.2 Å². The Labute approximate surface area is 167 Å². The second-order valence-corrected chi connectivity index (χ2v) is 8.32. The number of aromatic nitrogens is 2. The lowest BCUT2D eigenvalue weighted by Crippen LogP contribution is -2.24. The van der Waals surface area contributed by atoms with E-state index in [4.69, 9.17) is 14.0 Å². The van der Waals surface area contributed by atoms with Gasteiger partial charge in [-0.1, -0.05) is 22.9 Å². The molecule has 0 radical (unpaired) electrons. The molecule has 0 spiro atoms. The van der Waals surface area contributed by atoms with E-state index in [-0.39, 0.29) is 23.9 Å². The zero-order valence-electron chi connectivity index (χ0n) is 15.9. The Morgan fingerprint density at radius 3 is 2.45 bits per heavy atom. The summed E-state index contributed by atoms with van der Waals surface area (Å²) >= 11 is 0. The van der Waals surface area contributed by atoms with Gasteiger partial charge in [0.05, 0.1) is 11.8 Å². The zero-order valence-corrected chi connectivity index (χ0v) is 15.9. The fourth-order valence-electron chi connectivity index (χ4n) is 5.24. The van der Waals surface area contributed by atoms with Crippen molar-refractivity contribution in [3.63, 3.8) is 0 Å². The van der Waals surface area contributed by atoms with E-state index in [1.807, 2.05) is 55.5 Å². The molecule has 6 rings (SSSR count). The van der Waals surface area contributed by atoms with Crippen molar-refractivity contribution in [3.8, 4) is 22.9 Å². The first-order valence-electron chi connectivity index (χ1n) is 10.0. The first-order chi connectivity index (χ1) is 14.2. The van der Waals surface area contributed by atoms with Gasteiger partial charge in [0.25, 0.3) is 0 Å². The van der Waals surface area contributed by atoms with Gasteiger partial charge < -0.3 is 14.0 Å². The highest BCUT2D eigenvalue weighted by molar-refractivity contribution is 5.78. The Bertz CT molecular complexity index is 1070. The zero-order chi connectivity index (χ0) is 19.5. The van der Waals surface area contributed by atoms with Crippen LogP contribution < -0.4 is 4.74 Å². The Hall–Kier alpha value is -3.15. The molecule has 0 unspecified atom stereocenters. The maximum Gasteiger partial charge on any atom is 0.310 e. The minimum Gasteiger partial charge on any atom is -0.462 e. The molecule has 2 bridgehead atoms. The van der Waals surface area contributed by atoms with E-state index in [2.05, 4.69) is 10.1 Å². The molecule has 0 N–H and O–H groups in total. The van der Waals surface area contributed by atoms with Crippen LogP contribution in [-0.4, -0.2) is 22.2 Å². The summed E-state index contributed by atoms with van der Waals surface area (Å²) in [5, 5.41) is 4.17. The molecular weight excluding hydrogens is 368 g/mol. The summed E-state index contributed by atoms with van der Waals surface area (Å²) in [6, 6.07) is 15.5. The monoisotopic (exact) mass is 388 g/mol. The predicted molar refractivity (Wildman–Crippen MR) is 103 cm³/mol. The molecule has 1 saturated heterocycles. The molecule has 1 aromatic heterocycles. The molecule has 5 atom stereocenters. The number of carbonyl (C=O) groups excluding carboxylic acids is 1. The topological polar surface area (TPSA) is 74.5 Å². The van der Waals surface area contributed by atoms with Crippen molar-refractivity contribution < 1.29 is 18.8 Å². The van der Waals surface area contributed by atoms with Gasteiger partial charge in [-0.25, -0.2) is 0 Å². The highest BCUT2D eigenvalue weighted by Crippen LogP contribution is 2.61. The summed E-state index contributed by atoms with van der Waals surface area (Å²) in [6.45, 7) is 2.04. The van der Waals surface area contributed by atoms with Gasteiger partial charge in [0.15, 0.2) is 0 Å². The maximum atomic E-state index is 12.2. The molecule has 2 aliphatic carbocycles. The third kappa shape index (κ3) is 2.66. The van der Waals surface area contributed by atoms with Crippen LogP contribution in [0.4, 0.5) is 0 Å². The van der Waals surface area contributed by atoms with E-state index < -0.39 is 0 Å². The first kappa shape index (κ1) is 16.8. The third-order valence-corrected chi connectivity index (χ3v) is 6.58. The maximum absolute atomic E-state index is 12.2. The van der Waals surface area contributed by atoms with Gasteiger partial charge in [-0.05, 0) is 62.1 Å². The van der Waals surface area contributed by atoms with E-state index in [0.29, 0.717) is 23.6 Å². The predicted octanol–water partition coefficient (Wildman–Crippen LogP) is 4.50. The number of hydrogen-bond donors (Lipinski definition) is 0. The largest absolute Gasteiger partial charge is 0.462 e. The van der Waals surface area contributed by atoms with Crippen molar-refractivity contribution in [3.05, 3.63) is 60.0 Å². The molecule has 0 amide bonds. The van der Waals surface area contributed by atoms with Crippen molar-refractivity contribution in [1.29, 1.82) is 0 Å². The number of carbonyl (C=O) groups is 1. The average Bonchev–Trinajstić information content (AvgIpc) is 3.46. The molecule has 2 aromatic carbocycles. The average molecular weight is 388 g/mol.